The average Bonchev–Trinajstić information content (AvgIpc) is 2.92. The maximum atomic E-state index is 13.2. The quantitative estimate of drug-likeness (QED) is 0.675. The van der Waals surface area contributed by atoms with Crippen molar-refractivity contribution < 1.29 is 13.2 Å². The normalized spacial score (nSPS) is 11.5. The van der Waals surface area contributed by atoms with Crippen LogP contribution >= 0.6 is 11.3 Å². The molecule has 0 aliphatic heterocycles. The summed E-state index contributed by atoms with van der Waals surface area (Å²) in [5, 5.41) is 11.9. The monoisotopic (exact) mass is 305 g/mol. The third-order valence-corrected chi connectivity index (χ3v) is 3.59. The maximum Gasteiger partial charge on any atom is 0.435 e. The Kier molecular flexibility index (Phi) is 3.11. The van der Waals surface area contributed by atoms with Gasteiger partial charge in [-0.1, -0.05) is 12.1 Å². The van der Waals surface area contributed by atoms with E-state index in [0.717, 1.165) is 0 Å². The van der Waals surface area contributed by atoms with Crippen LogP contribution in [0, 0.1) is 11.3 Å². The molecular formula is C14H6F3N3S. The van der Waals surface area contributed by atoms with Crippen LogP contribution in [-0.2, 0) is 6.18 Å². The second-order valence-electron chi connectivity index (χ2n) is 4.25. The molecule has 3 rings (SSSR count). The Hall–Kier alpha value is -2.46. The highest BCUT2D eigenvalue weighted by Crippen LogP contribution is 2.36. The van der Waals surface area contributed by atoms with E-state index in [1.807, 2.05) is 6.07 Å². The summed E-state index contributed by atoms with van der Waals surface area (Å²) in [4.78, 5) is 7.76. The van der Waals surface area contributed by atoms with Crippen molar-refractivity contribution in [1.29, 1.82) is 5.26 Å². The minimum Gasteiger partial charge on any atom is -0.243 e. The molecule has 0 saturated heterocycles. The first-order chi connectivity index (χ1) is 9.99. The fourth-order valence-electron chi connectivity index (χ4n) is 1.90. The summed E-state index contributed by atoms with van der Waals surface area (Å²) in [7, 11) is 0. The highest BCUT2D eigenvalue weighted by Gasteiger charge is 2.37. The lowest BCUT2D eigenvalue weighted by Crippen LogP contribution is -2.11. The molecule has 104 valence electrons. The SMILES string of the molecule is N#Cc1ccc(-c2nc3cscc3nc2C(F)(F)F)cc1. The largest absolute Gasteiger partial charge is 0.435 e. The van der Waals surface area contributed by atoms with E-state index < -0.39 is 11.9 Å². The van der Waals surface area contributed by atoms with Crippen LogP contribution in [0.2, 0.25) is 0 Å². The lowest BCUT2D eigenvalue weighted by atomic mass is 10.1. The molecule has 2 heterocycles. The van der Waals surface area contributed by atoms with Crippen molar-refractivity contribution in [3.8, 4) is 17.3 Å². The molecule has 3 aromatic rings. The number of nitrogens with zero attached hydrogens (tertiary/aromatic N) is 3. The average molecular weight is 305 g/mol. The van der Waals surface area contributed by atoms with E-state index in [-0.39, 0.29) is 16.8 Å². The fraction of sp³-hybridized carbons (Fsp3) is 0.0714. The Labute approximate surface area is 121 Å². The van der Waals surface area contributed by atoms with Gasteiger partial charge in [-0.05, 0) is 12.1 Å². The topological polar surface area (TPSA) is 49.6 Å². The number of aromatic nitrogens is 2. The van der Waals surface area contributed by atoms with Crippen molar-refractivity contribution >= 4 is 22.4 Å². The molecule has 0 spiro atoms. The molecule has 7 heteroatoms. The number of hydrogen-bond donors (Lipinski definition) is 0. The lowest BCUT2D eigenvalue weighted by molar-refractivity contribution is -0.140. The third kappa shape index (κ3) is 2.45. The summed E-state index contributed by atoms with van der Waals surface area (Å²) in [6.07, 6.45) is -4.59. The summed E-state index contributed by atoms with van der Waals surface area (Å²) in [5.74, 6) is 0. The number of nitriles is 1. The van der Waals surface area contributed by atoms with Gasteiger partial charge in [0.1, 0.15) is 16.7 Å². The lowest BCUT2D eigenvalue weighted by Gasteiger charge is -2.11. The Morgan fingerprint density at radius 1 is 1.00 bits per heavy atom. The van der Waals surface area contributed by atoms with Crippen molar-refractivity contribution in [2.75, 3.05) is 0 Å². The van der Waals surface area contributed by atoms with Crippen molar-refractivity contribution in [2.24, 2.45) is 0 Å². The molecule has 0 amide bonds. The number of hydrogen-bond acceptors (Lipinski definition) is 4. The van der Waals surface area contributed by atoms with Crippen LogP contribution in [0.25, 0.3) is 22.3 Å². The number of fused-ring (bicyclic) bond motifs is 1. The van der Waals surface area contributed by atoms with Gasteiger partial charge in [0.15, 0.2) is 5.69 Å². The molecular weight excluding hydrogens is 299 g/mol. The van der Waals surface area contributed by atoms with Gasteiger partial charge in [-0.25, -0.2) is 9.97 Å². The summed E-state index contributed by atoms with van der Waals surface area (Å²) >= 11 is 1.25. The Bertz CT molecular complexity index is 845. The zero-order valence-corrected chi connectivity index (χ0v) is 11.2. The number of thiophene rings is 1. The van der Waals surface area contributed by atoms with Gasteiger partial charge in [0.25, 0.3) is 0 Å². The van der Waals surface area contributed by atoms with E-state index >= 15 is 0 Å². The first kappa shape index (κ1) is 13.5. The van der Waals surface area contributed by atoms with E-state index in [9.17, 15) is 13.2 Å². The van der Waals surface area contributed by atoms with Gasteiger partial charge in [0.2, 0.25) is 0 Å². The van der Waals surface area contributed by atoms with Crippen molar-refractivity contribution in [2.45, 2.75) is 6.18 Å². The van der Waals surface area contributed by atoms with Gasteiger partial charge in [0.05, 0.1) is 11.6 Å². The molecule has 0 saturated carbocycles. The van der Waals surface area contributed by atoms with Gasteiger partial charge in [-0.15, -0.1) is 11.3 Å². The van der Waals surface area contributed by atoms with E-state index in [4.69, 9.17) is 5.26 Å². The number of benzene rings is 1. The van der Waals surface area contributed by atoms with Crippen LogP contribution in [0.5, 0.6) is 0 Å². The molecule has 0 aliphatic rings. The van der Waals surface area contributed by atoms with E-state index in [2.05, 4.69) is 9.97 Å². The summed E-state index contributed by atoms with van der Waals surface area (Å²) in [6, 6.07) is 7.71. The smallest absolute Gasteiger partial charge is 0.243 e. The predicted octanol–water partition coefficient (Wildman–Crippen LogP) is 4.25. The maximum absolute atomic E-state index is 13.2. The molecule has 0 fully saturated rings. The van der Waals surface area contributed by atoms with Crippen LogP contribution in [0.4, 0.5) is 13.2 Å². The molecule has 0 radical (unpaired) electrons. The fourth-order valence-corrected chi connectivity index (χ4v) is 2.57. The van der Waals surface area contributed by atoms with Crippen LogP contribution in [-0.4, -0.2) is 9.97 Å². The molecule has 0 atom stereocenters. The highest BCUT2D eigenvalue weighted by molar-refractivity contribution is 7.09. The van der Waals surface area contributed by atoms with Gasteiger partial charge < -0.3 is 0 Å². The zero-order valence-electron chi connectivity index (χ0n) is 10.3. The summed E-state index contributed by atoms with van der Waals surface area (Å²) < 4.78 is 39.5. The van der Waals surface area contributed by atoms with Crippen LogP contribution in [0.15, 0.2) is 35.0 Å². The summed E-state index contributed by atoms with van der Waals surface area (Å²) in [6.45, 7) is 0. The molecule has 0 aliphatic carbocycles. The Balaban J connectivity index is 2.25. The predicted molar refractivity (Wildman–Crippen MR) is 72.6 cm³/mol. The second kappa shape index (κ2) is 4.82. The standard InChI is InChI=1S/C14H6F3N3S/c15-14(16,17)13-12(9-3-1-8(5-18)2-4-9)19-10-6-21-7-11(10)20-13/h1-4,6-7H. The molecule has 0 bridgehead atoms. The molecule has 3 nitrogen and oxygen atoms in total. The second-order valence-corrected chi connectivity index (χ2v) is 4.99. The van der Waals surface area contributed by atoms with Crippen LogP contribution in [0.1, 0.15) is 11.3 Å². The van der Waals surface area contributed by atoms with Gasteiger partial charge in [-0.3, -0.25) is 0 Å². The number of halogens is 3. The summed E-state index contributed by atoms with van der Waals surface area (Å²) in [5.41, 5.74) is 0.0619. The Morgan fingerprint density at radius 3 is 2.19 bits per heavy atom. The van der Waals surface area contributed by atoms with Crippen LogP contribution in [0.3, 0.4) is 0 Å². The van der Waals surface area contributed by atoms with Gasteiger partial charge in [0, 0.05) is 16.3 Å². The minimum absolute atomic E-state index is 0.224. The Morgan fingerprint density at radius 2 is 1.62 bits per heavy atom. The van der Waals surface area contributed by atoms with E-state index in [1.54, 1.807) is 5.38 Å². The zero-order chi connectivity index (χ0) is 15.0. The van der Waals surface area contributed by atoms with E-state index in [0.29, 0.717) is 11.1 Å². The van der Waals surface area contributed by atoms with Crippen LogP contribution < -0.4 is 0 Å². The third-order valence-electron chi connectivity index (χ3n) is 2.87. The molecule has 0 unspecified atom stereocenters. The first-order valence-corrected chi connectivity index (χ1v) is 6.75. The van der Waals surface area contributed by atoms with Crippen molar-refractivity contribution in [3.63, 3.8) is 0 Å². The molecule has 1 aromatic carbocycles. The molecule has 2 aromatic heterocycles. The van der Waals surface area contributed by atoms with Crippen molar-refractivity contribution in [1.82, 2.24) is 9.97 Å². The minimum atomic E-state index is -4.59. The number of rotatable bonds is 1. The molecule has 0 N–H and O–H groups in total. The van der Waals surface area contributed by atoms with Crippen molar-refractivity contribution in [3.05, 3.63) is 46.3 Å². The van der Waals surface area contributed by atoms with Gasteiger partial charge in [-0.2, -0.15) is 18.4 Å². The number of alkyl halides is 3. The van der Waals surface area contributed by atoms with E-state index in [1.165, 1.54) is 41.0 Å². The van der Waals surface area contributed by atoms with Gasteiger partial charge >= 0.3 is 6.18 Å². The first-order valence-electron chi connectivity index (χ1n) is 5.81. The highest BCUT2D eigenvalue weighted by atomic mass is 32.1. The molecule has 21 heavy (non-hydrogen) atoms.